The first-order chi connectivity index (χ1) is 17.9. The average Bonchev–Trinajstić information content (AvgIpc) is 3.16. The van der Waals surface area contributed by atoms with Crippen molar-refractivity contribution in [3.05, 3.63) is 71.8 Å². The van der Waals surface area contributed by atoms with Crippen molar-refractivity contribution in [1.29, 1.82) is 0 Å². The molecule has 2 fully saturated rings. The highest BCUT2D eigenvalue weighted by Crippen LogP contribution is 2.35. The molecule has 3 nitrogen and oxygen atoms in total. The Morgan fingerprint density at radius 2 is 1.43 bits per heavy atom. The molecule has 0 radical (unpaired) electrons. The van der Waals surface area contributed by atoms with Gasteiger partial charge in [0.15, 0.2) is 0 Å². The van der Waals surface area contributed by atoms with E-state index in [0.717, 1.165) is 44.2 Å². The van der Waals surface area contributed by atoms with E-state index in [9.17, 15) is 4.79 Å². The summed E-state index contributed by atoms with van der Waals surface area (Å²) in [6, 6.07) is 21.7. The lowest BCUT2D eigenvalue weighted by Gasteiger charge is -2.35. The molecule has 0 bridgehead atoms. The molecule has 2 aliphatic rings. The van der Waals surface area contributed by atoms with E-state index < -0.39 is 0 Å². The third-order valence-corrected chi connectivity index (χ3v) is 9.07. The monoisotopic (exact) mass is 502 g/mol. The predicted molar refractivity (Wildman–Crippen MR) is 156 cm³/mol. The summed E-state index contributed by atoms with van der Waals surface area (Å²) in [4.78, 5) is 17.8. The van der Waals surface area contributed by atoms with Gasteiger partial charge in [-0.15, -0.1) is 0 Å². The minimum absolute atomic E-state index is 0.372. The summed E-state index contributed by atoms with van der Waals surface area (Å²) in [7, 11) is 0. The maximum absolute atomic E-state index is 13.0. The van der Waals surface area contributed by atoms with E-state index >= 15 is 0 Å². The Hall–Kier alpha value is -2.13. The number of carbonyl (C=O) groups excluding carboxylic acids is 1. The quantitative estimate of drug-likeness (QED) is 0.327. The lowest BCUT2D eigenvalue weighted by molar-refractivity contribution is -0.132. The highest BCUT2D eigenvalue weighted by molar-refractivity contribution is 5.76. The van der Waals surface area contributed by atoms with Crippen LogP contribution in [0.15, 0.2) is 60.7 Å². The Balaban J connectivity index is 1.17. The third-order valence-electron chi connectivity index (χ3n) is 9.07. The molecule has 37 heavy (non-hydrogen) atoms. The fourth-order valence-electron chi connectivity index (χ4n) is 6.61. The van der Waals surface area contributed by atoms with Gasteiger partial charge in [0.05, 0.1) is 0 Å². The molecule has 0 aliphatic carbocycles. The molecule has 3 heteroatoms. The molecule has 0 aromatic heterocycles. The van der Waals surface area contributed by atoms with E-state index in [1.807, 2.05) is 0 Å². The van der Waals surface area contributed by atoms with Crippen molar-refractivity contribution in [2.45, 2.75) is 84.5 Å². The number of nitrogens with zero attached hydrogens (tertiary/aromatic N) is 2. The van der Waals surface area contributed by atoms with Crippen LogP contribution in [0.3, 0.4) is 0 Å². The van der Waals surface area contributed by atoms with Crippen LogP contribution in [0.2, 0.25) is 0 Å². The average molecular weight is 503 g/mol. The molecule has 1 amide bonds. The van der Waals surface area contributed by atoms with Crippen molar-refractivity contribution in [2.75, 3.05) is 32.7 Å². The fourth-order valence-corrected chi connectivity index (χ4v) is 6.61. The van der Waals surface area contributed by atoms with Gasteiger partial charge in [-0.3, -0.25) is 4.79 Å². The molecule has 2 heterocycles. The van der Waals surface area contributed by atoms with Crippen LogP contribution < -0.4 is 0 Å². The number of rotatable bonds is 9. The van der Waals surface area contributed by atoms with Gasteiger partial charge in [-0.1, -0.05) is 87.9 Å². The van der Waals surface area contributed by atoms with E-state index in [4.69, 9.17) is 0 Å². The first kappa shape index (κ1) is 27.9. The molecule has 4 rings (SSSR count). The van der Waals surface area contributed by atoms with E-state index in [1.54, 1.807) is 0 Å². The summed E-state index contributed by atoms with van der Waals surface area (Å²) in [5.41, 5.74) is 3.19. The minimum atomic E-state index is 0.372. The van der Waals surface area contributed by atoms with Gasteiger partial charge in [0.25, 0.3) is 0 Å². The first-order valence-corrected chi connectivity index (χ1v) is 15.0. The maximum atomic E-state index is 13.0. The Morgan fingerprint density at radius 1 is 0.811 bits per heavy atom. The van der Waals surface area contributed by atoms with Gasteiger partial charge in [0.1, 0.15) is 0 Å². The van der Waals surface area contributed by atoms with E-state index in [0.29, 0.717) is 23.7 Å². The molecular formula is C34H50N2O. The van der Waals surface area contributed by atoms with Crippen LogP contribution in [0.4, 0.5) is 0 Å². The van der Waals surface area contributed by atoms with Crippen molar-refractivity contribution in [2.24, 2.45) is 17.3 Å². The summed E-state index contributed by atoms with van der Waals surface area (Å²) in [6.07, 6.45) is 10.3. The van der Waals surface area contributed by atoms with Gasteiger partial charge in [0.2, 0.25) is 5.91 Å². The van der Waals surface area contributed by atoms with Gasteiger partial charge in [-0.05, 0) is 86.4 Å². The number of hydrogen-bond donors (Lipinski definition) is 0. The van der Waals surface area contributed by atoms with Crippen LogP contribution in [-0.4, -0.2) is 48.4 Å². The Morgan fingerprint density at radius 3 is 2.03 bits per heavy atom. The first-order valence-electron chi connectivity index (χ1n) is 15.0. The second-order valence-corrected chi connectivity index (χ2v) is 12.7. The highest BCUT2D eigenvalue weighted by atomic mass is 16.2. The molecule has 2 aromatic carbocycles. The third kappa shape index (κ3) is 8.43. The lowest BCUT2D eigenvalue weighted by atomic mass is 9.77. The van der Waals surface area contributed by atoms with Gasteiger partial charge in [-0.2, -0.15) is 0 Å². The molecule has 2 aromatic rings. The second kappa shape index (κ2) is 13.6. The summed E-state index contributed by atoms with van der Waals surface area (Å²) in [6.45, 7) is 12.9. The molecule has 202 valence electrons. The SMILES string of the molecule is CC(C)(C)C1CCCN(CC2CCN(C(=O)CCCCC(c3ccccc3)c3ccccc3)CC2)CC1. The van der Waals surface area contributed by atoms with Crippen LogP contribution in [-0.2, 0) is 4.79 Å². The van der Waals surface area contributed by atoms with E-state index in [2.05, 4.69) is 91.2 Å². The van der Waals surface area contributed by atoms with Crippen molar-refractivity contribution >= 4 is 5.91 Å². The standard InChI is InChI=1S/C34H50N2O/c1-34(2,3)31-17-12-23-35(24-22-31)27-28-20-25-36(26-21-28)33(37)19-11-10-18-32(29-13-6-4-7-14-29)30-15-8-5-9-16-30/h4-9,13-16,28,31-32H,10-12,17-27H2,1-3H3. The zero-order chi connectivity index (χ0) is 26.1. The highest BCUT2D eigenvalue weighted by Gasteiger charge is 2.29. The minimum Gasteiger partial charge on any atom is -0.343 e. The van der Waals surface area contributed by atoms with Crippen molar-refractivity contribution in [3.63, 3.8) is 0 Å². The summed E-state index contributed by atoms with van der Waals surface area (Å²) < 4.78 is 0. The zero-order valence-corrected chi connectivity index (χ0v) is 23.7. The fraction of sp³-hybridized carbons (Fsp3) is 0.618. The molecule has 0 N–H and O–H groups in total. The van der Waals surface area contributed by atoms with Crippen LogP contribution in [0.5, 0.6) is 0 Å². The van der Waals surface area contributed by atoms with Crippen LogP contribution in [0.25, 0.3) is 0 Å². The normalized spacial score (nSPS) is 20.2. The van der Waals surface area contributed by atoms with E-state index in [1.165, 1.54) is 62.9 Å². The summed E-state index contributed by atoms with van der Waals surface area (Å²) in [5, 5.41) is 0. The van der Waals surface area contributed by atoms with Crippen molar-refractivity contribution < 1.29 is 4.79 Å². The second-order valence-electron chi connectivity index (χ2n) is 12.7. The number of carbonyl (C=O) groups is 1. The topological polar surface area (TPSA) is 23.6 Å². The van der Waals surface area contributed by atoms with Gasteiger partial charge in [-0.25, -0.2) is 0 Å². The van der Waals surface area contributed by atoms with Crippen LogP contribution in [0.1, 0.15) is 95.6 Å². The number of piperidine rings is 1. The molecule has 0 spiro atoms. The van der Waals surface area contributed by atoms with Gasteiger partial charge in [0, 0.05) is 32.0 Å². The zero-order valence-electron chi connectivity index (χ0n) is 23.7. The molecule has 1 atom stereocenters. The molecule has 2 aliphatic heterocycles. The van der Waals surface area contributed by atoms with Gasteiger partial charge < -0.3 is 9.80 Å². The van der Waals surface area contributed by atoms with Crippen LogP contribution >= 0.6 is 0 Å². The molecule has 0 saturated carbocycles. The van der Waals surface area contributed by atoms with Crippen LogP contribution in [0, 0.1) is 17.3 Å². The van der Waals surface area contributed by atoms with Gasteiger partial charge >= 0.3 is 0 Å². The summed E-state index contributed by atoms with van der Waals surface area (Å²) in [5.74, 6) is 2.39. The Kier molecular flexibility index (Phi) is 10.3. The smallest absolute Gasteiger partial charge is 0.222 e. The molecule has 1 unspecified atom stereocenters. The Labute approximate surface area is 226 Å². The predicted octanol–water partition coefficient (Wildman–Crippen LogP) is 7.77. The number of unbranched alkanes of at least 4 members (excludes halogenated alkanes) is 1. The maximum Gasteiger partial charge on any atom is 0.222 e. The number of benzene rings is 2. The van der Waals surface area contributed by atoms with E-state index in [-0.39, 0.29) is 0 Å². The molecular weight excluding hydrogens is 452 g/mol. The summed E-state index contributed by atoms with van der Waals surface area (Å²) >= 11 is 0. The molecule has 2 saturated heterocycles. The number of likely N-dealkylation sites (tertiary alicyclic amines) is 2. The number of amides is 1. The Bertz CT molecular complexity index is 888. The lowest BCUT2D eigenvalue weighted by Crippen LogP contribution is -2.41. The largest absolute Gasteiger partial charge is 0.343 e. The number of hydrogen-bond acceptors (Lipinski definition) is 2. The van der Waals surface area contributed by atoms with Crippen molar-refractivity contribution in [1.82, 2.24) is 9.80 Å². The van der Waals surface area contributed by atoms with Crippen molar-refractivity contribution in [3.8, 4) is 0 Å².